The maximum absolute atomic E-state index is 13.2. The number of likely N-dealkylation sites (N-methyl/N-ethyl adjacent to an activating group) is 1. The van der Waals surface area contributed by atoms with E-state index in [0.717, 1.165) is 0 Å². The van der Waals surface area contributed by atoms with Gasteiger partial charge in [-0.25, -0.2) is 0 Å². The highest BCUT2D eigenvalue weighted by molar-refractivity contribution is 7.80. The first kappa shape index (κ1) is 19.6. The van der Waals surface area contributed by atoms with Crippen molar-refractivity contribution in [2.45, 2.75) is 6.92 Å². The van der Waals surface area contributed by atoms with Gasteiger partial charge in [-0.05, 0) is 54.5 Å². The average Bonchev–Trinajstić information content (AvgIpc) is 3.27. The smallest absolute Gasteiger partial charge is 0.281 e. The van der Waals surface area contributed by atoms with Gasteiger partial charge in [-0.1, -0.05) is 0 Å². The summed E-state index contributed by atoms with van der Waals surface area (Å²) in [5, 5.41) is 11.3. The van der Waals surface area contributed by atoms with E-state index in [1.807, 2.05) is 0 Å². The van der Waals surface area contributed by atoms with E-state index in [4.69, 9.17) is 26.4 Å². The van der Waals surface area contributed by atoms with Gasteiger partial charge in [0.25, 0.3) is 11.6 Å². The lowest BCUT2D eigenvalue weighted by Gasteiger charge is -2.18. The van der Waals surface area contributed by atoms with Gasteiger partial charge >= 0.3 is 0 Å². The van der Waals surface area contributed by atoms with Crippen LogP contribution in [0.1, 0.15) is 11.1 Å². The van der Waals surface area contributed by atoms with Crippen molar-refractivity contribution < 1.29 is 23.9 Å². The third kappa shape index (κ3) is 3.11. The number of nitro groups is 1. The summed E-state index contributed by atoms with van der Waals surface area (Å²) < 4.78 is 16.2. The minimum Gasteiger partial charge on any atom is -0.493 e. The van der Waals surface area contributed by atoms with Gasteiger partial charge in [0.15, 0.2) is 16.6 Å². The van der Waals surface area contributed by atoms with Crippen LogP contribution in [-0.2, 0) is 4.79 Å². The number of anilines is 1. The second-order valence-electron chi connectivity index (χ2n) is 6.70. The van der Waals surface area contributed by atoms with E-state index < -0.39 is 4.92 Å². The molecule has 0 atom stereocenters. The summed E-state index contributed by atoms with van der Waals surface area (Å²) in [4.78, 5) is 26.7. The first-order valence-corrected chi connectivity index (χ1v) is 9.29. The minimum atomic E-state index is -0.481. The van der Waals surface area contributed by atoms with E-state index in [-0.39, 0.29) is 23.5 Å². The molecule has 0 N–H and O–H groups in total. The van der Waals surface area contributed by atoms with Gasteiger partial charge in [-0.15, -0.1) is 0 Å². The first-order valence-electron chi connectivity index (χ1n) is 8.88. The molecule has 2 heterocycles. The number of rotatable bonds is 4. The van der Waals surface area contributed by atoms with Crippen LogP contribution in [0.5, 0.6) is 17.2 Å². The van der Waals surface area contributed by atoms with Gasteiger partial charge in [0.2, 0.25) is 12.5 Å². The lowest BCUT2D eigenvalue weighted by Crippen LogP contribution is -2.31. The molecule has 30 heavy (non-hydrogen) atoms. The Morgan fingerprint density at radius 3 is 2.70 bits per heavy atom. The Kier molecular flexibility index (Phi) is 4.78. The first-order chi connectivity index (χ1) is 14.3. The molecule has 2 aliphatic heterocycles. The zero-order valence-corrected chi connectivity index (χ0v) is 17.2. The quantitative estimate of drug-likeness (QED) is 0.318. The van der Waals surface area contributed by atoms with Crippen LogP contribution in [0.25, 0.3) is 6.08 Å². The van der Waals surface area contributed by atoms with Crippen molar-refractivity contribution in [1.29, 1.82) is 0 Å². The standard InChI is InChI=1S/C20H17N3O6S/c1-11-6-13(23(25)26)4-5-14(11)22-19(24)15(21(2)20(22)30)7-12-8-16(27-3)18-17(9-12)28-10-29-18/h4-9H,10H2,1-3H3/b15-7+. The number of aryl methyl sites for hydroxylation is 1. The van der Waals surface area contributed by atoms with Crippen LogP contribution in [0.3, 0.4) is 0 Å². The number of ether oxygens (including phenoxy) is 3. The number of nitrogens with zero attached hydrogens (tertiary/aromatic N) is 3. The van der Waals surface area contributed by atoms with Crippen LogP contribution in [-0.4, -0.2) is 41.8 Å². The third-order valence-electron chi connectivity index (χ3n) is 4.88. The Bertz CT molecular complexity index is 1130. The van der Waals surface area contributed by atoms with E-state index in [0.29, 0.717) is 39.8 Å². The fourth-order valence-electron chi connectivity index (χ4n) is 3.36. The second-order valence-corrected chi connectivity index (χ2v) is 7.06. The molecule has 0 spiro atoms. The maximum atomic E-state index is 13.2. The summed E-state index contributed by atoms with van der Waals surface area (Å²) in [5.41, 5.74) is 2.04. The molecular formula is C20H17N3O6S. The summed E-state index contributed by atoms with van der Waals surface area (Å²) in [6.45, 7) is 1.80. The molecular weight excluding hydrogens is 410 g/mol. The summed E-state index contributed by atoms with van der Waals surface area (Å²) in [6.07, 6.45) is 1.68. The summed E-state index contributed by atoms with van der Waals surface area (Å²) in [7, 11) is 3.21. The van der Waals surface area contributed by atoms with Gasteiger partial charge in [-0.2, -0.15) is 0 Å². The molecule has 1 saturated heterocycles. The zero-order valence-electron chi connectivity index (χ0n) is 16.4. The maximum Gasteiger partial charge on any atom is 0.281 e. The SMILES string of the molecule is COc1cc(/C=C2\C(=O)N(c3ccc([N+](=O)[O-])cc3C)C(=S)N2C)cc2c1OCO2. The number of hydrogen-bond acceptors (Lipinski definition) is 7. The largest absolute Gasteiger partial charge is 0.493 e. The van der Waals surface area contributed by atoms with Crippen LogP contribution < -0.4 is 19.1 Å². The number of nitro benzene ring substituents is 1. The number of carbonyl (C=O) groups is 1. The molecule has 0 unspecified atom stereocenters. The van der Waals surface area contributed by atoms with E-state index in [9.17, 15) is 14.9 Å². The van der Waals surface area contributed by atoms with E-state index in [1.165, 1.54) is 30.2 Å². The number of benzene rings is 2. The zero-order chi connectivity index (χ0) is 21.6. The van der Waals surface area contributed by atoms with E-state index in [2.05, 4.69) is 0 Å². The molecule has 2 aromatic carbocycles. The van der Waals surface area contributed by atoms with E-state index >= 15 is 0 Å². The Morgan fingerprint density at radius 2 is 2.03 bits per heavy atom. The van der Waals surface area contributed by atoms with Gasteiger partial charge in [-0.3, -0.25) is 19.8 Å². The molecule has 1 fully saturated rings. The van der Waals surface area contributed by atoms with Crippen LogP contribution in [0.15, 0.2) is 36.0 Å². The molecule has 2 aliphatic rings. The fraction of sp³-hybridized carbons (Fsp3) is 0.200. The molecule has 154 valence electrons. The normalized spacial score (nSPS) is 16.6. The highest BCUT2D eigenvalue weighted by Crippen LogP contribution is 2.42. The molecule has 0 aromatic heterocycles. The summed E-state index contributed by atoms with van der Waals surface area (Å²) in [5.74, 6) is 1.20. The predicted octanol–water partition coefficient (Wildman–Crippen LogP) is 3.24. The molecule has 0 saturated carbocycles. The topological polar surface area (TPSA) is 94.4 Å². The van der Waals surface area contributed by atoms with Crippen LogP contribution >= 0.6 is 12.2 Å². The monoisotopic (exact) mass is 427 g/mol. The van der Waals surface area contributed by atoms with Gasteiger partial charge in [0, 0.05) is 19.2 Å². The van der Waals surface area contributed by atoms with Crippen molar-refractivity contribution in [2.75, 3.05) is 25.9 Å². The number of carbonyl (C=O) groups excluding carboxylic acids is 1. The van der Waals surface area contributed by atoms with Crippen molar-refractivity contribution in [3.8, 4) is 17.2 Å². The number of fused-ring (bicyclic) bond motifs is 1. The Hall–Kier alpha value is -3.66. The van der Waals surface area contributed by atoms with Crippen molar-refractivity contribution in [3.63, 3.8) is 0 Å². The highest BCUT2D eigenvalue weighted by atomic mass is 32.1. The van der Waals surface area contributed by atoms with Gasteiger partial charge in [0.1, 0.15) is 5.70 Å². The Labute approximate surface area is 177 Å². The molecule has 9 nitrogen and oxygen atoms in total. The molecule has 0 bridgehead atoms. The van der Waals surface area contributed by atoms with Crippen LogP contribution in [0.4, 0.5) is 11.4 Å². The predicted molar refractivity (Wildman–Crippen MR) is 113 cm³/mol. The Balaban J connectivity index is 1.73. The Morgan fingerprint density at radius 1 is 1.27 bits per heavy atom. The average molecular weight is 427 g/mol. The number of thiocarbonyl (C=S) groups is 1. The summed E-state index contributed by atoms with van der Waals surface area (Å²) >= 11 is 5.47. The molecule has 4 rings (SSSR count). The number of hydrogen-bond donors (Lipinski definition) is 0. The highest BCUT2D eigenvalue weighted by Gasteiger charge is 2.38. The molecule has 0 aliphatic carbocycles. The lowest BCUT2D eigenvalue weighted by atomic mass is 10.1. The molecule has 0 radical (unpaired) electrons. The van der Waals surface area contributed by atoms with Crippen molar-refractivity contribution in [3.05, 3.63) is 57.3 Å². The van der Waals surface area contributed by atoms with Gasteiger partial charge < -0.3 is 19.1 Å². The third-order valence-corrected chi connectivity index (χ3v) is 5.33. The molecule has 2 aromatic rings. The fourth-order valence-corrected chi connectivity index (χ4v) is 3.64. The van der Waals surface area contributed by atoms with Gasteiger partial charge in [0.05, 0.1) is 17.7 Å². The second kappa shape index (κ2) is 7.30. The number of methoxy groups -OCH3 is 1. The lowest BCUT2D eigenvalue weighted by molar-refractivity contribution is -0.384. The molecule has 1 amide bonds. The molecule has 10 heteroatoms. The van der Waals surface area contributed by atoms with Crippen molar-refractivity contribution >= 4 is 40.7 Å². The van der Waals surface area contributed by atoms with E-state index in [1.54, 1.807) is 37.1 Å². The number of non-ortho nitro benzene ring substituents is 1. The van der Waals surface area contributed by atoms with Crippen molar-refractivity contribution in [2.24, 2.45) is 0 Å². The number of amides is 1. The minimum absolute atomic E-state index is 0.0506. The van der Waals surface area contributed by atoms with Crippen molar-refractivity contribution in [1.82, 2.24) is 4.90 Å². The van der Waals surface area contributed by atoms with Crippen LogP contribution in [0, 0.1) is 17.0 Å². The summed E-state index contributed by atoms with van der Waals surface area (Å²) in [6, 6.07) is 7.78. The van der Waals surface area contributed by atoms with Crippen LogP contribution in [0.2, 0.25) is 0 Å².